The molecule has 40 heavy (non-hydrogen) atoms. The summed E-state index contributed by atoms with van der Waals surface area (Å²) in [6, 6.07) is 8.75. The number of fused-ring (bicyclic) bond motifs is 1. The average Bonchev–Trinajstić information content (AvgIpc) is 2.88. The van der Waals surface area contributed by atoms with Crippen molar-refractivity contribution in [2.24, 2.45) is 0 Å². The highest BCUT2D eigenvalue weighted by Crippen LogP contribution is 2.43. The Balaban J connectivity index is 1.42. The smallest absolute Gasteiger partial charge is 0.227 e. The molecular formula is C31H38F3N5O. The molecule has 1 aromatic heterocycles. The van der Waals surface area contributed by atoms with Crippen LogP contribution in [0, 0.1) is 17.5 Å². The van der Waals surface area contributed by atoms with Crippen LogP contribution >= 0.6 is 0 Å². The van der Waals surface area contributed by atoms with Gasteiger partial charge < -0.3 is 19.9 Å². The van der Waals surface area contributed by atoms with Gasteiger partial charge in [0.05, 0.1) is 18.4 Å². The van der Waals surface area contributed by atoms with Crippen LogP contribution < -0.4 is 15.0 Å². The SMILES string of the molecule is CC(C)N1CC(C)(C)Oc2c(F)cc(-c3nc(Nc4ccc(C5CC(C)N(C)C(C)C5)c(F)c4)ncc3F)cc21. The van der Waals surface area contributed by atoms with Gasteiger partial charge in [0.1, 0.15) is 17.1 Å². The van der Waals surface area contributed by atoms with E-state index in [0.717, 1.165) is 19.0 Å². The van der Waals surface area contributed by atoms with Crippen molar-refractivity contribution in [3.05, 3.63) is 59.5 Å². The number of nitrogens with zero attached hydrogens (tertiary/aromatic N) is 4. The number of hydrogen-bond acceptors (Lipinski definition) is 6. The Morgan fingerprint density at radius 3 is 2.35 bits per heavy atom. The lowest BCUT2D eigenvalue weighted by molar-refractivity contribution is 0.0967. The van der Waals surface area contributed by atoms with Gasteiger partial charge in [0.15, 0.2) is 17.4 Å². The van der Waals surface area contributed by atoms with E-state index in [-0.39, 0.29) is 40.7 Å². The lowest BCUT2D eigenvalue weighted by atomic mass is 9.82. The standard InChI is InChI=1S/C31H38F3N5O/c1-17(2)39-16-31(5,6)40-29-25(33)12-21(13-27(29)39)28-26(34)15-35-30(37-28)36-22-8-9-23(24(32)14-22)20-10-18(3)38(7)19(4)11-20/h8-9,12-15,17-20H,10-11,16H2,1-7H3,(H,35,36,37). The zero-order valence-electron chi connectivity index (χ0n) is 24.2. The Kier molecular flexibility index (Phi) is 7.46. The van der Waals surface area contributed by atoms with Gasteiger partial charge in [0, 0.05) is 29.4 Å². The van der Waals surface area contributed by atoms with Gasteiger partial charge in [-0.15, -0.1) is 0 Å². The summed E-state index contributed by atoms with van der Waals surface area (Å²) in [5.74, 6) is -1.21. The summed E-state index contributed by atoms with van der Waals surface area (Å²) in [6.45, 7) is 12.7. The maximum Gasteiger partial charge on any atom is 0.227 e. The van der Waals surface area contributed by atoms with Gasteiger partial charge >= 0.3 is 0 Å². The quantitative estimate of drug-likeness (QED) is 0.359. The van der Waals surface area contributed by atoms with Crippen molar-refractivity contribution in [1.82, 2.24) is 14.9 Å². The molecule has 2 unspecified atom stereocenters. The van der Waals surface area contributed by atoms with E-state index in [4.69, 9.17) is 4.74 Å². The number of ether oxygens (including phenoxy) is 1. The first kappa shape index (κ1) is 28.2. The van der Waals surface area contributed by atoms with E-state index in [1.54, 1.807) is 18.2 Å². The van der Waals surface area contributed by atoms with E-state index in [2.05, 4.69) is 41.1 Å². The normalized spacial score (nSPS) is 22.7. The Morgan fingerprint density at radius 2 is 1.70 bits per heavy atom. The number of rotatable bonds is 5. The summed E-state index contributed by atoms with van der Waals surface area (Å²) >= 11 is 0. The van der Waals surface area contributed by atoms with Gasteiger partial charge in [-0.05, 0) is 97.2 Å². The van der Waals surface area contributed by atoms with Crippen molar-refractivity contribution in [2.45, 2.75) is 84.0 Å². The van der Waals surface area contributed by atoms with Gasteiger partial charge in [-0.25, -0.2) is 23.1 Å². The first-order valence-corrected chi connectivity index (χ1v) is 13.9. The minimum Gasteiger partial charge on any atom is -0.481 e. The van der Waals surface area contributed by atoms with Crippen molar-refractivity contribution in [1.29, 1.82) is 0 Å². The summed E-state index contributed by atoms with van der Waals surface area (Å²) in [6.07, 6.45) is 2.82. The maximum atomic E-state index is 15.3. The molecule has 0 spiro atoms. The van der Waals surface area contributed by atoms with Gasteiger partial charge in [0.2, 0.25) is 5.95 Å². The van der Waals surface area contributed by atoms with Crippen molar-refractivity contribution in [2.75, 3.05) is 23.8 Å². The highest BCUT2D eigenvalue weighted by molar-refractivity contribution is 5.73. The molecule has 0 saturated carbocycles. The molecule has 214 valence electrons. The second kappa shape index (κ2) is 10.6. The third kappa shape index (κ3) is 5.48. The van der Waals surface area contributed by atoms with Crippen LogP contribution in [0.25, 0.3) is 11.3 Å². The molecule has 0 bridgehead atoms. The Hall–Kier alpha value is -3.33. The van der Waals surface area contributed by atoms with E-state index >= 15 is 8.78 Å². The van der Waals surface area contributed by atoms with Crippen LogP contribution in [0.5, 0.6) is 5.75 Å². The van der Waals surface area contributed by atoms with Crippen LogP contribution in [-0.2, 0) is 0 Å². The summed E-state index contributed by atoms with van der Waals surface area (Å²) in [5.41, 5.74) is 1.33. The van der Waals surface area contributed by atoms with Gasteiger partial charge in [-0.1, -0.05) is 6.07 Å². The second-order valence-corrected chi connectivity index (χ2v) is 12.2. The summed E-state index contributed by atoms with van der Waals surface area (Å²) in [4.78, 5) is 12.8. The fourth-order valence-corrected chi connectivity index (χ4v) is 5.93. The number of piperidine rings is 1. The Bertz CT molecular complexity index is 1400. The number of likely N-dealkylation sites (tertiary alicyclic amines) is 1. The molecule has 0 amide bonds. The Labute approximate surface area is 234 Å². The van der Waals surface area contributed by atoms with Crippen molar-refractivity contribution >= 4 is 17.3 Å². The van der Waals surface area contributed by atoms with E-state index in [0.29, 0.717) is 35.6 Å². The highest BCUT2D eigenvalue weighted by atomic mass is 19.1. The third-order valence-electron chi connectivity index (χ3n) is 8.24. The highest BCUT2D eigenvalue weighted by Gasteiger charge is 2.35. The van der Waals surface area contributed by atoms with Gasteiger partial charge in [0.25, 0.3) is 0 Å². The number of benzene rings is 2. The summed E-state index contributed by atoms with van der Waals surface area (Å²) in [5, 5.41) is 2.99. The summed E-state index contributed by atoms with van der Waals surface area (Å²) < 4.78 is 51.5. The minimum absolute atomic E-state index is 0.0564. The molecule has 2 aromatic carbocycles. The van der Waals surface area contributed by atoms with Crippen LogP contribution in [0.1, 0.15) is 65.9 Å². The van der Waals surface area contributed by atoms with Crippen molar-refractivity contribution < 1.29 is 17.9 Å². The van der Waals surface area contributed by atoms with Crippen LogP contribution in [0.3, 0.4) is 0 Å². The van der Waals surface area contributed by atoms with Crippen LogP contribution in [0.15, 0.2) is 36.5 Å². The lowest BCUT2D eigenvalue weighted by Gasteiger charge is -2.43. The number of halogens is 3. The molecule has 1 fully saturated rings. The zero-order chi connectivity index (χ0) is 28.9. The van der Waals surface area contributed by atoms with E-state index in [1.807, 2.05) is 32.6 Å². The Morgan fingerprint density at radius 1 is 1.00 bits per heavy atom. The first-order valence-electron chi connectivity index (χ1n) is 13.9. The fourth-order valence-electron chi connectivity index (χ4n) is 5.93. The predicted molar refractivity (Wildman–Crippen MR) is 153 cm³/mol. The van der Waals surface area contributed by atoms with Crippen molar-refractivity contribution in [3.63, 3.8) is 0 Å². The summed E-state index contributed by atoms with van der Waals surface area (Å²) in [7, 11) is 2.11. The lowest BCUT2D eigenvalue weighted by Crippen LogP contribution is -2.49. The van der Waals surface area contributed by atoms with E-state index in [9.17, 15) is 4.39 Å². The predicted octanol–water partition coefficient (Wildman–Crippen LogP) is 7.28. The number of anilines is 3. The largest absolute Gasteiger partial charge is 0.481 e. The molecule has 6 nitrogen and oxygen atoms in total. The number of hydrogen-bond donors (Lipinski definition) is 1. The first-order chi connectivity index (χ1) is 18.8. The topological polar surface area (TPSA) is 53.5 Å². The molecule has 2 aliphatic heterocycles. The molecular weight excluding hydrogens is 515 g/mol. The third-order valence-corrected chi connectivity index (χ3v) is 8.24. The van der Waals surface area contributed by atoms with E-state index in [1.165, 1.54) is 12.1 Å². The molecule has 2 aliphatic rings. The molecule has 9 heteroatoms. The van der Waals surface area contributed by atoms with Gasteiger partial charge in [-0.3, -0.25) is 0 Å². The van der Waals surface area contributed by atoms with Crippen LogP contribution in [0.4, 0.5) is 30.5 Å². The van der Waals surface area contributed by atoms with Crippen LogP contribution in [0.2, 0.25) is 0 Å². The number of nitrogens with one attached hydrogen (secondary N) is 1. The van der Waals surface area contributed by atoms with E-state index < -0.39 is 17.2 Å². The molecule has 0 radical (unpaired) electrons. The van der Waals surface area contributed by atoms with Gasteiger partial charge in [-0.2, -0.15) is 0 Å². The average molecular weight is 554 g/mol. The monoisotopic (exact) mass is 553 g/mol. The molecule has 1 N–H and O–H groups in total. The molecule has 1 saturated heterocycles. The molecule has 3 heterocycles. The fraction of sp³-hybridized carbons (Fsp3) is 0.484. The molecule has 3 aromatic rings. The zero-order valence-corrected chi connectivity index (χ0v) is 24.2. The van der Waals surface area contributed by atoms with Crippen molar-refractivity contribution in [3.8, 4) is 17.0 Å². The van der Waals surface area contributed by atoms with Crippen LogP contribution in [-0.4, -0.2) is 52.2 Å². The molecule has 0 aliphatic carbocycles. The molecule has 5 rings (SSSR count). The molecule has 2 atom stereocenters. The number of aromatic nitrogens is 2. The minimum atomic E-state index is -0.690. The second-order valence-electron chi connectivity index (χ2n) is 12.2. The maximum absolute atomic E-state index is 15.3.